The molecule has 1 saturated carbocycles. The van der Waals surface area contributed by atoms with Gasteiger partial charge in [-0.05, 0) is 51.0 Å². The number of benzene rings is 1. The van der Waals surface area contributed by atoms with Gasteiger partial charge in [0.15, 0.2) is 0 Å². The van der Waals surface area contributed by atoms with E-state index in [1.54, 1.807) is 0 Å². The van der Waals surface area contributed by atoms with E-state index in [4.69, 9.17) is 4.74 Å². The molecule has 0 heterocycles. The van der Waals surface area contributed by atoms with E-state index in [-0.39, 0.29) is 17.5 Å². The van der Waals surface area contributed by atoms with Gasteiger partial charge in [0.1, 0.15) is 0 Å². The van der Waals surface area contributed by atoms with E-state index in [9.17, 15) is 15.0 Å². The van der Waals surface area contributed by atoms with Crippen molar-refractivity contribution in [1.29, 1.82) is 0 Å². The molecule has 1 aliphatic carbocycles. The Bertz CT molecular complexity index is 659. The lowest BCUT2D eigenvalue weighted by atomic mass is 9.72. The van der Waals surface area contributed by atoms with Crippen LogP contribution in [0.1, 0.15) is 84.6 Å². The summed E-state index contributed by atoms with van der Waals surface area (Å²) in [6.07, 6.45) is 7.22. The molecule has 0 saturated heterocycles. The summed E-state index contributed by atoms with van der Waals surface area (Å²) in [7, 11) is 0. The Morgan fingerprint density at radius 1 is 1.10 bits per heavy atom. The van der Waals surface area contributed by atoms with Crippen LogP contribution in [-0.2, 0) is 14.9 Å². The molecule has 0 bridgehead atoms. The number of hydrogen-bond acceptors (Lipinski definition) is 5. The van der Waals surface area contributed by atoms with E-state index >= 15 is 0 Å². The fourth-order valence-corrected chi connectivity index (χ4v) is 6.21. The average molecular weight is 451 g/mol. The third-order valence-corrected chi connectivity index (χ3v) is 8.86. The largest absolute Gasteiger partial charge is 0.466 e. The maximum absolute atomic E-state index is 11.4. The van der Waals surface area contributed by atoms with Gasteiger partial charge in [-0.3, -0.25) is 4.79 Å². The van der Waals surface area contributed by atoms with Gasteiger partial charge in [0, 0.05) is 22.8 Å². The highest BCUT2D eigenvalue weighted by atomic mass is 32.2. The summed E-state index contributed by atoms with van der Waals surface area (Å²) in [6.45, 7) is 8.45. The van der Waals surface area contributed by atoms with E-state index in [2.05, 4.69) is 26.0 Å². The molecule has 4 atom stereocenters. The first-order chi connectivity index (χ1) is 14.7. The quantitative estimate of drug-likeness (QED) is 0.307. The molecule has 0 aliphatic heterocycles. The zero-order valence-corrected chi connectivity index (χ0v) is 20.6. The molecule has 0 spiro atoms. The highest BCUT2D eigenvalue weighted by Crippen LogP contribution is 2.43. The molecular weight excluding hydrogens is 408 g/mol. The molecule has 31 heavy (non-hydrogen) atoms. The highest BCUT2D eigenvalue weighted by Gasteiger charge is 2.43. The standard InChI is InChI=1S/C26H42O4S/c1-5-30-24(28)16-12-7-6-11-15-21-22(27)17-18-23(21)31-19-26(4,29)25(2,3)20-13-9-8-10-14-20/h8-10,13-14,21-23,27,29H,5-7,11-12,15-19H2,1-4H3. The van der Waals surface area contributed by atoms with E-state index in [0.29, 0.717) is 29.9 Å². The van der Waals surface area contributed by atoms with E-state index in [1.807, 2.05) is 43.8 Å². The minimum atomic E-state index is -0.843. The summed E-state index contributed by atoms with van der Waals surface area (Å²) in [5.74, 6) is 0.851. The number of hydrogen-bond donors (Lipinski definition) is 2. The van der Waals surface area contributed by atoms with Crippen molar-refractivity contribution in [3.8, 4) is 0 Å². The van der Waals surface area contributed by atoms with Crippen LogP contribution in [0.4, 0.5) is 0 Å². The van der Waals surface area contributed by atoms with Gasteiger partial charge in [-0.2, -0.15) is 11.8 Å². The molecule has 1 aromatic rings. The van der Waals surface area contributed by atoms with Gasteiger partial charge in [0.25, 0.3) is 0 Å². The second-order valence-corrected chi connectivity index (χ2v) is 10.9. The van der Waals surface area contributed by atoms with Crippen LogP contribution in [0.25, 0.3) is 0 Å². The SMILES string of the molecule is CCOC(=O)CCCCCCC1C(O)CCC1SCC(C)(O)C(C)(C)c1ccccc1. The molecule has 176 valence electrons. The predicted octanol–water partition coefficient (Wildman–Crippen LogP) is 5.49. The minimum Gasteiger partial charge on any atom is -0.466 e. The van der Waals surface area contributed by atoms with E-state index in [1.165, 1.54) is 0 Å². The second-order valence-electron chi connectivity index (χ2n) is 9.68. The molecule has 2 N–H and O–H groups in total. The molecule has 4 unspecified atom stereocenters. The Hall–Kier alpha value is -1.04. The maximum atomic E-state index is 11.4. The first kappa shape index (κ1) is 26.2. The van der Waals surface area contributed by atoms with Crippen LogP contribution in [0.2, 0.25) is 0 Å². The summed E-state index contributed by atoms with van der Waals surface area (Å²) >= 11 is 1.83. The van der Waals surface area contributed by atoms with Crippen molar-refractivity contribution >= 4 is 17.7 Å². The minimum absolute atomic E-state index is 0.101. The lowest BCUT2D eigenvalue weighted by Crippen LogP contribution is -2.48. The van der Waals surface area contributed by atoms with Crippen molar-refractivity contribution in [3.05, 3.63) is 35.9 Å². The summed E-state index contributed by atoms with van der Waals surface area (Å²) in [6, 6.07) is 10.2. The highest BCUT2D eigenvalue weighted by molar-refractivity contribution is 8.00. The van der Waals surface area contributed by atoms with Crippen LogP contribution in [0.3, 0.4) is 0 Å². The van der Waals surface area contributed by atoms with Gasteiger partial charge < -0.3 is 14.9 Å². The molecular formula is C26H42O4S. The Kier molecular flexibility index (Phi) is 10.4. The van der Waals surface area contributed by atoms with Crippen LogP contribution in [0, 0.1) is 5.92 Å². The number of aliphatic hydroxyl groups is 2. The van der Waals surface area contributed by atoms with Crippen molar-refractivity contribution in [2.24, 2.45) is 5.92 Å². The van der Waals surface area contributed by atoms with Gasteiger partial charge in [0.05, 0.1) is 18.3 Å². The van der Waals surface area contributed by atoms with Gasteiger partial charge in [-0.25, -0.2) is 0 Å². The molecule has 0 amide bonds. The van der Waals surface area contributed by atoms with Gasteiger partial charge >= 0.3 is 5.97 Å². The first-order valence-electron chi connectivity index (χ1n) is 11.9. The summed E-state index contributed by atoms with van der Waals surface area (Å²) < 4.78 is 4.97. The maximum Gasteiger partial charge on any atom is 0.305 e. The number of thioether (sulfide) groups is 1. The number of esters is 1. The zero-order chi connectivity index (χ0) is 22.9. The van der Waals surface area contributed by atoms with E-state index < -0.39 is 5.60 Å². The normalized spacial score (nSPS) is 23.5. The zero-order valence-electron chi connectivity index (χ0n) is 19.8. The van der Waals surface area contributed by atoms with Gasteiger partial charge in [0.2, 0.25) is 0 Å². The van der Waals surface area contributed by atoms with Crippen LogP contribution in [0.5, 0.6) is 0 Å². The monoisotopic (exact) mass is 450 g/mol. The predicted molar refractivity (Wildman–Crippen MR) is 129 cm³/mol. The molecule has 5 heteroatoms. The summed E-state index contributed by atoms with van der Waals surface area (Å²) in [5.41, 5.74) is -0.0525. The second kappa shape index (κ2) is 12.3. The van der Waals surface area contributed by atoms with Crippen molar-refractivity contribution in [2.75, 3.05) is 12.4 Å². The number of ether oxygens (including phenoxy) is 1. The van der Waals surface area contributed by atoms with Gasteiger partial charge in [-0.15, -0.1) is 0 Å². The number of rotatable bonds is 13. The Balaban J connectivity index is 1.79. The molecule has 1 aliphatic rings. The summed E-state index contributed by atoms with van der Waals surface area (Å²) in [4.78, 5) is 11.4. The first-order valence-corrected chi connectivity index (χ1v) is 13.0. The number of unbranched alkanes of at least 4 members (excludes halogenated alkanes) is 3. The van der Waals surface area contributed by atoms with Crippen molar-refractivity contribution in [3.63, 3.8) is 0 Å². The molecule has 1 aromatic carbocycles. The molecule has 4 nitrogen and oxygen atoms in total. The number of carbonyl (C=O) groups excluding carboxylic acids is 1. The number of carbonyl (C=O) groups is 1. The third-order valence-electron chi connectivity index (χ3n) is 7.11. The summed E-state index contributed by atoms with van der Waals surface area (Å²) in [5, 5.41) is 22.3. The smallest absolute Gasteiger partial charge is 0.305 e. The van der Waals surface area contributed by atoms with Crippen molar-refractivity contribution < 1.29 is 19.7 Å². The molecule has 0 aromatic heterocycles. The molecule has 0 radical (unpaired) electrons. The van der Waals surface area contributed by atoms with Crippen LogP contribution in [0.15, 0.2) is 30.3 Å². The Labute approximate surface area is 193 Å². The third kappa shape index (κ3) is 7.50. The van der Waals surface area contributed by atoms with Crippen molar-refractivity contribution in [2.45, 2.75) is 101 Å². The van der Waals surface area contributed by atoms with Crippen LogP contribution >= 0.6 is 11.8 Å². The van der Waals surface area contributed by atoms with Gasteiger partial charge in [-0.1, -0.05) is 63.4 Å². The average Bonchev–Trinajstić information content (AvgIpc) is 3.09. The molecule has 1 fully saturated rings. The molecule has 2 rings (SSSR count). The van der Waals surface area contributed by atoms with Crippen molar-refractivity contribution in [1.82, 2.24) is 0 Å². The Morgan fingerprint density at radius 3 is 2.45 bits per heavy atom. The number of aliphatic hydroxyl groups excluding tert-OH is 1. The van der Waals surface area contributed by atoms with Crippen LogP contribution < -0.4 is 0 Å². The lowest BCUT2D eigenvalue weighted by Gasteiger charge is -2.41. The van der Waals surface area contributed by atoms with Crippen LogP contribution in [-0.4, -0.2) is 45.5 Å². The Morgan fingerprint density at radius 2 is 1.77 bits per heavy atom. The fourth-order valence-electron chi connectivity index (χ4n) is 4.45. The lowest BCUT2D eigenvalue weighted by molar-refractivity contribution is -0.143. The van der Waals surface area contributed by atoms with E-state index in [0.717, 1.165) is 50.5 Å². The topological polar surface area (TPSA) is 66.8 Å². The fraction of sp³-hybridized carbons (Fsp3) is 0.731.